The molecule has 0 bridgehead atoms. The third-order valence-electron chi connectivity index (χ3n) is 5.95. The van der Waals surface area contributed by atoms with Gasteiger partial charge in [-0.25, -0.2) is 0 Å². The van der Waals surface area contributed by atoms with Gasteiger partial charge in [0.15, 0.2) is 0 Å². The van der Waals surface area contributed by atoms with Crippen molar-refractivity contribution in [3.63, 3.8) is 0 Å². The minimum atomic E-state index is -0.686. The predicted molar refractivity (Wildman–Crippen MR) is 153 cm³/mol. The van der Waals surface area contributed by atoms with Crippen LogP contribution in [0.4, 0.5) is 0 Å². The van der Waals surface area contributed by atoms with Crippen molar-refractivity contribution in [2.75, 3.05) is 7.11 Å². The Morgan fingerprint density at radius 3 is 1.25 bits per heavy atom. The lowest BCUT2D eigenvalue weighted by atomic mass is 9.56. The summed E-state index contributed by atoms with van der Waals surface area (Å²) >= 11 is 0. The Kier molecular flexibility index (Phi) is 11.0. The van der Waals surface area contributed by atoms with Crippen LogP contribution >= 0.6 is 0 Å². The maximum absolute atomic E-state index is 10.6. The van der Waals surface area contributed by atoms with Crippen LogP contribution in [0.25, 0.3) is 0 Å². The van der Waals surface area contributed by atoms with Crippen LogP contribution in [0.15, 0.2) is 97.1 Å². The quantitative estimate of drug-likeness (QED) is 0.360. The first-order valence-corrected chi connectivity index (χ1v) is 11.4. The predicted octanol–water partition coefficient (Wildman–Crippen LogP) is 3.19. The summed E-state index contributed by atoms with van der Waals surface area (Å²) in [5, 5.41) is 21.2. The largest absolute Gasteiger partial charge is 0.497 e. The van der Waals surface area contributed by atoms with E-state index in [1.54, 1.807) is 7.11 Å². The summed E-state index contributed by atoms with van der Waals surface area (Å²) in [7, 11) is 1.62. The molecule has 4 aromatic rings. The molecular weight excluding hydrogens is 446 g/mol. The maximum atomic E-state index is 10.6. The molecule has 0 saturated heterocycles. The molecule has 186 valence electrons. The van der Waals surface area contributed by atoms with Crippen molar-refractivity contribution in [2.45, 2.75) is 35.0 Å². The van der Waals surface area contributed by atoms with E-state index in [9.17, 15) is 10.0 Å². The van der Waals surface area contributed by atoms with E-state index in [2.05, 4.69) is 0 Å². The normalized spacial score (nSPS) is 10.1. The molecule has 0 spiro atoms. The van der Waals surface area contributed by atoms with E-state index >= 15 is 0 Å². The molecular formula is C30H36B2O4. The van der Waals surface area contributed by atoms with Crippen LogP contribution in [-0.4, -0.2) is 31.0 Å². The average molecular weight is 482 g/mol. The van der Waals surface area contributed by atoms with Gasteiger partial charge in [0, 0.05) is 0 Å². The number of hydrogen-bond donors (Lipinski definition) is 2. The Hall–Kier alpha value is -3.31. The fraction of sp³-hybridized carbons (Fsp3) is 0.200. The second-order valence-electron chi connectivity index (χ2n) is 8.46. The molecule has 0 radical (unpaired) electrons. The third kappa shape index (κ3) is 7.34. The second-order valence-corrected chi connectivity index (χ2v) is 8.46. The van der Waals surface area contributed by atoms with Gasteiger partial charge in [0.1, 0.15) is 5.75 Å². The van der Waals surface area contributed by atoms with E-state index in [1.807, 2.05) is 104 Å². The Labute approximate surface area is 216 Å². The van der Waals surface area contributed by atoms with Crippen LogP contribution in [0.2, 0.25) is 0 Å². The summed E-state index contributed by atoms with van der Waals surface area (Å²) < 4.78 is 11.0. The fourth-order valence-electron chi connectivity index (χ4n) is 3.80. The van der Waals surface area contributed by atoms with Crippen LogP contribution in [0.3, 0.4) is 0 Å². The van der Waals surface area contributed by atoms with E-state index < -0.39 is 13.8 Å². The number of benzene rings is 4. The molecule has 0 aliphatic rings. The lowest BCUT2D eigenvalue weighted by Crippen LogP contribution is -2.42. The molecule has 4 aromatic carbocycles. The van der Waals surface area contributed by atoms with Gasteiger partial charge < -0.3 is 19.5 Å². The van der Waals surface area contributed by atoms with Crippen LogP contribution < -0.4 is 26.6 Å². The topological polar surface area (TPSA) is 58.9 Å². The summed E-state index contributed by atoms with van der Waals surface area (Å²) in [4.78, 5) is 0. The van der Waals surface area contributed by atoms with Crippen LogP contribution in [0.1, 0.15) is 31.5 Å². The molecule has 6 heteroatoms. The van der Waals surface area contributed by atoms with Gasteiger partial charge in [-0.1, -0.05) is 105 Å². The number of ether oxygens (including phenoxy) is 2. The highest BCUT2D eigenvalue weighted by Gasteiger charge is 2.17. The van der Waals surface area contributed by atoms with E-state index in [4.69, 9.17) is 9.47 Å². The molecule has 2 N–H and O–H groups in total. The number of hydrogen-bond acceptors (Lipinski definition) is 4. The molecule has 0 amide bonds. The number of aryl methyl sites for hydroxylation is 1. The number of methoxy groups -OCH3 is 1. The van der Waals surface area contributed by atoms with Crippen LogP contribution in [0.5, 0.6) is 5.75 Å². The lowest BCUT2D eigenvalue weighted by Gasteiger charge is -2.11. The zero-order valence-electron chi connectivity index (χ0n) is 19.5. The van der Waals surface area contributed by atoms with Crippen molar-refractivity contribution in [1.82, 2.24) is 0 Å². The summed E-state index contributed by atoms with van der Waals surface area (Å²) in [5.74, 6) is 0.764. The van der Waals surface area contributed by atoms with Gasteiger partial charge in [-0.15, -0.1) is 0 Å². The first-order chi connectivity index (χ1) is 16.5. The van der Waals surface area contributed by atoms with Gasteiger partial charge >= 0.3 is 13.8 Å². The van der Waals surface area contributed by atoms with Gasteiger partial charge in [0.05, 0.1) is 20.3 Å². The molecule has 4 nitrogen and oxygen atoms in total. The number of rotatable bonds is 9. The van der Waals surface area contributed by atoms with Gasteiger partial charge in [-0.05, 0) is 52.0 Å². The first kappa shape index (κ1) is 28.9. The molecule has 0 aromatic heterocycles. The van der Waals surface area contributed by atoms with E-state index in [1.165, 1.54) is 5.56 Å². The maximum Gasteiger partial charge on any atom is 0.358 e. The van der Waals surface area contributed by atoms with Crippen molar-refractivity contribution in [2.24, 2.45) is 0 Å². The Bertz CT molecular complexity index is 1180. The van der Waals surface area contributed by atoms with Gasteiger partial charge in [0.2, 0.25) is 0 Å². The molecule has 4 rings (SSSR count). The van der Waals surface area contributed by atoms with Gasteiger partial charge in [-0.2, -0.15) is 0 Å². The summed E-state index contributed by atoms with van der Waals surface area (Å²) in [6, 6.07) is 31.0. The summed E-state index contributed by atoms with van der Waals surface area (Å²) in [6.45, 7) is 1.67. The fourth-order valence-corrected chi connectivity index (χ4v) is 3.80. The smallest absolute Gasteiger partial charge is 0.358 e. The average Bonchev–Trinajstić information content (AvgIpc) is 2.89. The van der Waals surface area contributed by atoms with E-state index in [0.717, 1.165) is 38.7 Å². The summed E-state index contributed by atoms with van der Waals surface area (Å²) in [6.07, 6.45) is 0. The van der Waals surface area contributed by atoms with Crippen LogP contribution in [0, 0.1) is 6.92 Å². The second kappa shape index (κ2) is 13.7. The Morgan fingerprint density at radius 1 is 0.556 bits per heavy atom. The minimum Gasteiger partial charge on any atom is -0.497 e. The highest BCUT2D eigenvalue weighted by molar-refractivity contribution is 6.79. The van der Waals surface area contributed by atoms with Crippen LogP contribution in [-0.2, 0) is 18.0 Å². The zero-order valence-corrected chi connectivity index (χ0v) is 19.5. The Balaban J connectivity index is 0.00000228. The molecule has 0 aliphatic carbocycles. The monoisotopic (exact) mass is 482 g/mol. The summed E-state index contributed by atoms with van der Waals surface area (Å²) in [5.41, 5.74) is 6.65. The van der Waals surface area contributed by atoms with Crippen molar-refractivity contribution in [3.05, 3.63) is 114 Å². The SMILES string of the molecule is C.C.COc1ccc(B(O)c2ccc(COCc3ccc(B(O)c4ccc(C)cc4)cc3)cc2)cc1. The van der Waals surface area contributed by atoms with Gasteiger partial charge in [-0.3, -0.25) is 0 Å². The Morgan fingerprint density at radius 2 is 0.889 bits per heavy atom. The zero-order chi connectivity index (χ0) is 23.9. The molecule has 0 heterocycles. The minimum absolute atomic E-state index is 0. The van der Waals surface area contributed by atoms with E-state index in [-0.39, 0.29) is 14.9 Å². The molecule has 0 unspecified atom stereocenters. The highest BCUT2D eigenvalue weighted by atomic mass is 16.5. The standard InChI is InChI=1S/C28H28B2O4.2CH4/c1-21-3-9-24(10-4-21)29(31)25-11-5-22(6-12-25)19-34-20-23-7-13-26(14-8-23)30(32)27-15-17-28(33-2)18-16-27;;/h3-18,31-32H,19-20H2,1-2H3;2*1H4. The molecule has 0 aliphatic heterocycles. The lowest BCUT2D eigenvalue weighted by molar-refractivity contribution is 0.107. The molecule has 0 saturated carbocycles. The van der Waals surface area contributed by atoms with Crippen molar-refractivity contribution in [1.29, 1.82) is 0 Å². The highest BCUT2D eigenvalue weighted by Crippen LogP contribution is 2.08. The molecule has 0 fully saturated rings. The molecule has 36 heavy (non-hydrogen) atoms. The molecule has 0 atom stereocenters. The third-order valence-corrected chi connectivity index (χ3v) is 5.95. The van der Waals surface area contributed by atoms with Crippen molar-refractivity contribution in [3.8, 4) is 5.75 Å². The van der Waals surface area contributed by atoms with E-state index in [0.29, 0.717) is 13.2 Å². The van der Waals surface area contributed by atoms with Crippen molar-refractivity contribution >= 4 is 35.7 Å². The van der Waals surface area contributed by atoms with Crippen molar-refractivity contribution < 1.29 is 19.5 Å². The van der Waals surface area contributed by atoms with Gasteiger partial charge in [0.25, 0.3) is 0 Å². The first-order valence-electron chi connectivity index (χ1n) is 11.4.